The van der Waals surface area contributed by atoms with Crippen molar-refractivity contribution < 1.29 is 5.11 Å². The van der Waals surface area contributed by atoms with Gasteiger partial charge in [0.05, 0.1) is 5.69 Å². The molecule has 1 unspecified atom stereocenters. The number of hydrogen-bond donors (Lipinski definition) is 1. The standard InChI is InChI=1S/C10H16N2O/c1-9(5-6-9)10(2,13)8-4-7-12(3)11-8/h4,7,13H,5-6H2,1-3H3. The van der Waals surface area contributed by atoms with Gasteiger partial charge >= 0.3 is 0 Å². The van der Waals surface area contributed by atoms with Crippen molar-refractivity contribution in [3.05, 3.63) is 18.0 Å². The van der Waals surface area contributed by atoms with Crippen molar-refractivity contribution in [3.8, 4) is 0 Å². The summed E-state index contributed by atoms with van der Waals surface area (Å²) < 4.78 is 1.73. The monoisotopic (exact) mass is 180 g/mol. The third-order valence-electron chi connectivity index (χ3n) is 3.39. The van der Waals surface area contributed by atoms with Gasteiger partial charge in [0.25, 0.3) is 0 Å². The van der Waals surface area contributed by atoms with Crippen LogP contribution in [0.2, 0.25) is 0 Å². The van der Waals surface area contributed by atoms with E-state index in [1.165, 1.54) is 0 Å². The zero-order valence-electron chi connectivity index (χ0n) is 8.41. The minimum atomic E-state index is -0.770. The van der Waals surface area contributed by atoms with Gasteiger partial charge in [0.2, 0.25) is 0 Å². The molecule has 3 nitrogen and oxygen atoms in total. The molecule has 0 aromatic carbocycles. The quantitative estimate of drug-likeness (QED) is 0.747. The van der Waals surface area contributed by atoms with E-state index in [-0.39, 0.29) is 5.41 Å². The number of hydrogen-bond acceptors (Lipinski definition) is 2. The van der Waals surface area contributed by atoms with Gasteiger partial charge in [-0.1, -0.05) is 6.92 Å². The van der Waals surface area contributed by atoms with Crippen LogP contribution < -0.4 is 0 Å². The van der Waals surface area contributed by atoms with Gasteiger partial charge in [-0.05, 0) is 25.8 Å². The van der Waals surface area contributed by atoms with Gasteiger partial charge in [-0.15, -0.1) is 0 Å². The maximum Gasteiger partial charge on any atom is 0.111 e. The Morgan fingerprint density at radius 2 is 2.23 bits per heavy atom. The van der Waals surface area contributed by atoms with Gasteiger partial charge in [-0.25, -0.2) is 0 Å². The van der Waals surface area contributed by atoms with Crippen LogP contribution in [-0.2, 0) is 12.6 Å². The molecular formula is C10H16N2O. The molecule has 0 aliphatic heterocycles. The first-order valence-electron chi connectivity index (χ1n) is 4.68. The minimum Gasteiger partial charge on any atom is -0.383 e. The van der Waals surface area contributed by atoms with E-state index in [0.717, 1.165) is 18.5 Å². The van der Waals surface area contributed by atoms with Crippen LogP contribution in [0, 0.1) is 5.41 Å². The van der Waals surface area contributed by atoms with Gasteiger partial charge < -0.3 is 5.11 Å². The molecular weight excluding hydrogens is 164 g/mol. The van der Waals surface area contributed by atoms with Crippen LogP contribution in [0.25, 0.3) is 0 Å². The smallest absolute Gasteiger partial charge is 0.111 e. The van der Waals surface area contributed by atoms with Crippen molar-refractivity contribution in [3.63, 3.8) is 0 Å². The largest absolute Gasteiger partial charge is 0.383 e. The lowest BCUT2D eigenvalue weighted by molar-refractivity contribution is -0.0170. The zero-order valence-corrected chi connectivity index (χ0v) is 8.41. The molecule has 1 aliphatic rings. The highest BCUT2D eigenvalue weighted by atomic mass is 16.3. The van der Waals surface area contributed by atoms with Crippen LogP contribution in [0.5, 0.6) is 0 Å². The lowest BCUT2D eigenvalue weighted by Gasteiger charge is -2.28. The average Bonchev–Trinajstić information content (AvgIpc) is 2.63. The highest BCUT2D eigenvalue weighted by molar-refractivity contribution is 5.18. The highest BCUT2D eigenvalue weighted by Gasteiger charge is 2.54. The number of nitrogens with zero attached hydrogens (tertiary/aromatic N) is 2. The molecule has 1 aromatic rings. The SMILES string of the molecule is Cn1ccc(C(C)(O)C2(C)CC2)n1. The first-order valence-corrected chi connectivity index (χ1v) is 4.68. The molecule has 3 heteroatoms. The molecule has 0 saturated heterocycles. The molecule has 1 aromatic heterocycles. The van der Waals surface area contributed by atoms with Crippen LogP contribution in [-0.4, -0.2) is 14.9 Å². The third kappa shape index (κ3) is 1.18. The second kappa shape index (κ2) is 2.35. The predicted molar refractivity (Wildman–Crippen MR) is 50.1 cm³/mol. The fraction of sp³-hybridized carbons (Fsp3) is 0.700. The van der Waals surface area contributed by atoms with Crippen molar-refractivity contribution in [2.24, 2.45) is 12.5 Å². The van der Waals surface area contributed by atoms with E-state index in [2.05, 4.69) is 12.0 Å². The van der Waals surface area contributed by atoms with E-state index in [0.29, 0.717) is 0 Å². The van der Waals surface area contributed by atoms with Crippen molar-refractivity contribution >= 4 is 0 Å². The summed E-state index contributed by atoms with van der Waals surface area (Å²) in [5, 5.41) is 14.6. The van der Waals surface area contributed by atoms with E-state index in [1.54, 1.807) is 4.68 Å². The summed E-state index contributed by atoms with van der Waals surface area (Å²) in [5.74, 6) is 0. The summed E-state index contributed by atoms with van der Waals surface area (Å²) in [7, 11) is 1.87. The average molecular weight is 180 g/mol. The Labute approximate surface area is 78.4 Å². The van der Waals surface area contributed by atoms with Gasteiger partial charge in [-0.3, -0.25) is 4.68 Å². The number of aliphatic hydroxyl groups is 1. The normalized spacial score (nSPS) is 24.0. The van der Waals surface area contributed by atoms with Gasteiger partial charge in [0.15, 0.2) is 0 Å². The Kier molecular flexibility index (Phi) is 1.58. The van der Waals surface area contributed by atoms with Crippen LogP contribution in [0.1, 0.15) is 32.4 Å². The molecule has 1 N–H and O–H groups in total. The molecule has 2 rings (SSSR count). The first-order chi connectivity index (χ1) is 5.96. The minimum absolute atomic E-state index is 0.0430. The zero-order chi connectivity index (χ0) is 9.69. The van der Waals surface area contributed by atoms with Crippen LogP contribution in [0.15, 0.2) is 12.3 Å². The maximum absolute atomic E-state index is 10.3. The van der Waals surface area contributed by atoms with E-state index in [4.69, 9.17) is 0 Å². The molecule has 1 saturated carbocycles. The Bertz CT molecular complexity index is 323. The fourth-order valence-electron chi connectivity index (χ4n) is 1.66. The second-order valence-corrected chi connectivity index (χ2v) is 4.51. The molecule has 1 aliphatic carbocycles. The van der Waals surface area contributed by atoms with Gasteiger partial charge in [-0.2, -0.15) is 5.10 Å². The van der Waals surface area contributed by atoms with Crippen molar-refractivity contribution in [1.29, 1.82) is 0 Å². The summed E-state index contributed by atoms with van der Waals surface area (Å²) in [5.41, 5.74) is 0.0605. The molecule has 13 heavy (non-hydrogen) atoms. The Balaban J connectivity index is 2.34. The summed E-state index contributed by atoms with van der Waals surface area (Å²) in [4.78, 5) is 0. The first kappa shape index (κ1) is 8.75. The van der Waals surface area contributed by atoms with Crippen molar-refractivity contribution in [2.75, 3.05) is 0 Å². The summed E-state index contributed by atoms with van der Waals surface area (Å²) in [6.07, 6.45) is 4.06. The third-order valence-corrected chi connectivity index (χ3v) is 3.39. The van der Waals surface area contributed by atoms with E-state index < -0.39 is 5.60 Å². The summed E-state index contributed by atoms with van der Waals surface area (Å²) in [6.45, 7) is 3.98. The molecule has 0 amide bonds. The topological polar surface area (TPSA) is 38.0 Å². The van der Waals surface area contributed by atoms with E-state index in [9.17, 15) is 5.11 Å². The summed E-state index contributed by atoms with van der Waals surface area (Å²) in [6, 6.07) is 1.89. The van der Waals surface area contributed by atoms with Crippen LogP contribution in [0.4, 0.5) is 0 Å². The lowest BCUT2D eigenvalue weighted by Crippen LogP contribution is -2.32. The molecule has 1 fully saturated rings. The highest BCUT2D eigenvalue weighted by Crippen LogP contribution is 2.57. The molecule has 72 valence electrons. The Hall–Kier alpha value is -0.830. The second-order valence-electron chi connectivity index (χ2n) is 4.51. The number of rotatable bonds is 2. The van der Waals surface area contributed by atoms with Crippen molar-refractivity contribution in [2.45, 2.75) is 32.3 Å². The van der Waals surface area contributed by atoms with Crippen LogP contribution in [0.3, 0.4) is 0 Å². The van der Waals surface area contributed by atoms with E-state index in [1.807, 2.05) is 26.2 Å². The van der Waals surface area contributed by atoms with Gasteiger partial charge in [0, 0.05) is 18.7 Å². The lowest BCUT2D eigenvalue weighted by atomic mass is 9.85. The number of aromatic nitrogens is 2. The van der Waals surface area contributed by atoms with E-state index >= 15 is 0 Å². The Morgan fingerprint density at radius 3 is 2.62 bits per heavy atom. The Morgan fingerprint density at radius 1 is 1.62 bits per heavy atom. The molecule has 0 spiro atoms. The number of aryl methyl sites for hydroxylation is 1. The summed E-state index contributed by atoms with van der Waals surface area (Å²) >= 11 is 0. The van der Waals surface area contributed by atoms with Gasteiger partial charge in [0.1, 0.15) is 5.60 Å². The van der Waals surface area contributed by atoms with Crippen molar-refractivity contribution in [1.82, 2.24) is 9.78 Å². The molecule has 0 radical (unpaired) electrons. The molecule has 1 heterocycles. The molecule has 0 bridgehead atoms. The predicted octanol–water partition coefficient (Wildman–Crippen LogP) is 1.43. The molecule has 1 atom stereocenters. The van der Waals surface area contributed by atoms with Crippen LogP contribution >= 0.6 is 0 Å². The maximum atomic E-state index is 10.3. The fourth-order valence-corrected chi connectivity index (χ4v) is 1.66.